The standard InChI is InChI=1S/C15H11FN2O/c16-13-5-7-14(8-6-13)18-15(19)12-3-1-11(2-4-12)9-10-17/h1-8H,9H2,(H,18,19). The lowest BCUT2D eigenvalue weighted by atomic mass is 10.1. The van der Waals surface area contributed by atoms with Crippen molar-refractivity contribution in [1.82, 2.24) is 0 Å². The van der Waals surface area contributed by atoms with Crippen LogP contribution in [0.3, 0.4) is 0 Å². The van der Waals surface area contributed by atoms with E-state index in [1.54, 1.807) is 24.3 Å². The Hall–Kier alpha value is -2.67. The third-order valence-corrected chi connectivity index (χ3v) is 2.60. The highest BCUT2D eigenvalue weighted by atomic mass is 19.1. The van der Waals surface area contributed by atoms with E-state index in [2.05, 4.69) is 5.32 Å². The molecule has 0 fully saturated rings. The highest BCUT2D eigenvalue weighted by molar-refractivity contribution is 6.04. The van der Waals surface area contributed by atoms with Gasteiger partial charge < -0.3 is 5.32 Å². The van der Waals surface area contributed by atoms with E-state index in [9.17, 15) is 9.18 Å². The average molecular weight is 254 g/mol. The predicted octanol–water partition coefficient (Wildman–Crippen LogP) is 3.14. The summed E-state index contributed by atoms with van der Waals surface area (Å²) in [4.78, 5) is 11.9. The molecule has 0 unspecified atom stereocenters. The first-order chi connectivity index (χ1) is 9.19. The first-order valence-corrected chi connectivity index (χ1v) is 5.72. The number of amides is 1. The molecule has 0 aliphatic carbocycles. The maximum absolute atomic E-state index is 12.7. The van der Waals surface area contributed by atoms with E-state index in [0.717, 1.165) is 5.56 Å². The number of nitrogens with one attached hydrogen (secondary N) is 1. The van der Waals surface area contributed by atoms with Gasteiger partial charge in [-0.1, -0.05) is 12.1 Å². The molecule has 0 aromatic heterocycles. The van der Waals surface area contributed by atoms with Crippen LogP contribution >= 0.6 is 0 Å². The van der Waals surface area contributed by atoms with Crippen LogP contribution in [0.2, 0.25) is 0 Å². The second kappa shape index (κ2) is 5.78. The number of hydrogen-bond acceptors (Lipinski definition) is 2. The summed E-state index contributed by atoms with van der Waals surface area (Å²) >= 11 is 0. The number of nitrogens with zero attached hydrogens (tertiary/aromatic N) is 1. The van der Waals surface area contributed by atoms with Crippen molar-refractivity contribution >= 4 is 11.6 Å². The van der Waals surface area contributed by atoms with Gasteiger partial charge in [0, 0.05) is 11.3 Å². The number of carbonyl (C=O) groups excluding carboxylic acids is 1. The van der Waals surface area contributed by atoms with Gasteiger partial charge in [-0.3, -0.25) is 4.79 Å². The van der Waals surface area contributed by atoms with Crippen LogP contribution in [0, 0.1) is 17.1 Å². The number of benzene rings is 2. The van der Waals surface area contributed by atoms with Gasteiger partial charge in [-0.25, -0.2) is 4.39 Å². The molecule has 94 valence electrons. The molecule has 2 aromatic rings. The van der Waals surface area contributed by atoms with Gasteiger partial charge in [0.25, 0.3) is 5.91 Å². The zero-order valence-electron chi connectivity index (χ0n) is 10.1. The SMILES string of the molecule is N#CCc1ccc(C(=O)Nc2ccc(F)cc2)cc1. The second-order valence-electron chi connectivity index (χ2n) is 3.99. The van der Waals surface area contributed by atoms with E-state index >= 15 is 0 Å². The summed E-state index contributed by atoms with van der Waals surface area (Å²) in [7, 11) is 0. The van der Waals surface area contributed by atoms with Crippen molar-refractivity contribution in [3.63, 3.8) is 0 Å². The summed E-state index contributed by atoms with van der Waals surface area (Å²) in [6.45, 7) is 0. The number of nitriles is 1. The fourth-order valence-corrected chi connectivity index (χ4v) is 1.60. The zero-order valence-corrected chi connectivity index (χ0v) is 10.1. The first kappa shape index (κ1) is 12.8. The summed E-state index contributed by atoms with van der Waals surface area (Å²) in [5.74, 6) is -0.617. The lowest BCUT2D eigenvalue weighted by molar-refractivity contribution is 0.102. The Morgan fingerprint density at radius 3 is 2.32 bits per heavy atom. The smallest absolute Gasteiger partial charge is 0.255 e. The van der Waals surface area contributed by atoms with Gasteiger partial charge in [-0.15, -0.1) is 0 Å². The third-order valence-electron chi connectivity index (χ3n) is 2.60. The van der Waals surface area contributed by atoms with Crippen LogP contribution in [0.1, 0.15) is 15.9 Å². The van der Waals surface area contributed by atoms with Crippen molar-refractivity contribution in [3.8, 4) is 6.07 Å². The Balaban J connectivity index is 2.07. The van der Waals surface area contributed by atoms with E-state index in [1.807, 2.05) is 6.07 Å². The maximum Gasteiger partial charge on any atom is 0.255 e. The largest absolute Gasteiger partial charge is 0.322 e. The summed E-state index contributed by atoms with van der Waals surface area (Å²) in [6.07, 6.45) is 0.319. The lowest BCUT2D eigenvalue weighted by Crippen LogP contribution is -2.11. The molecule has 0 saturated heterocycles. The molecule has 0 aliphatic rings. The Morgan fingerprint density at radius 2 is 1.74 bits per heavy atom. The minimum atomic E-state index is -0.348. The lowest BCUT2D eigenvalue weighted by Gasteiger charge is -2.05. The quantitative estimate of drug-likeness (QED) is 0.914. The highest BCUT2D eigenvalue weighted by Crippen LogP contribution is 2.11. The third kappa shape index (κ3) is 3.39. The van der Waals surface area contributed by atoms with E-state index < -0.39 is 0 Å². The molecule has 0 spiro atoms. The zero-order chi connectivity index (χ0) is 13.7. The molecule has 0 radical (unpaired) electrons. The van der Waals surface area contributed by atoms with Crippen molar-refractivity contribution < 1.29 is 9.18 Å². The average Bonchev–Trinajstić information content (AvgIpc) is 2.42. The van der Waals surface area contributed by atoms with Gasteiger partial charge in [0.15, 0.2) is 0 Å². The Labute approximate surface area is 110 Å². The van der Waals surface area contributed by atoms with Crippen molar-refractivity contribution in [2.24, 2.45) is 0 Å². The Kier molecular flexibility index (Phi) is 3.89. The van der Waals surface area contributed by atoms with Crippen molar-refractivity contribution in [3.05, 3.63) is 65.5 Å². The summed E-state index contributed by atoms with van der Waals surface area (Å²) in [5, 5.41) is 11.2. The molecule has 0 atom stereocenters. The van der Waals surface area contributed by atoms with Crippen LogP contribution in [0.15, 0.2) is 48.5 Å². The first-order valence-electron chi connectivity index (χ1n) is 5.72. The van der Waals surface area contributed by atoms with Gasteiger partial charge in [0.2, 0.25) is 0 Å². The van der Waals surface area contributed by atoms with Gasteiger partial charge in [-0.05, 0) is 42.0 Å². The molecule has 0 saturated carbocycles. The van der Waals surface area contributed by atoms with Crippen LogP contribution in [-0.4, -0.2) is 5.91 Å². The van der Waals surface area contributed by atoms with E-state index in [1.165, 1.54) is 24.3 Å². The minimum absolute atomic E-state index is 0.268. The maximum atomic E-state index is 12.7. The topological polar surface area (TPSA) is 52.9 Å². The summed E-state index contributed by atoms with van der Waals surface area (Å²) in [5.41, 5.74) is 1.89. The van der Waals surface area contributed by atoms with Crippen molar-refractivity contribution in [2.45, 2.75) is 6.42 Å². The van der Waals surface area contributed by atoms with Crippen LogP contribution in [0.5, 0.6) is 0 Å². The molecule has 0 heterocycles. The second-order valence-corrected chi connectivity index (χ2v) is 3.99. The van der Waals surface area contributed by atoms with Gasteiger partial charge in [0.05, 0.1) is 12.5 Å². The molecular weight excluding hydrogens is 243 g/mol. The van der Waals surface area contributed by atoms with Crippen molar-refractivity contribution in [2.75, 3.05) is 5.32 Å². The highest BCUT2D eigenvalue weighted by Gasteiger charge is 2.05. The van der Waals surface area contributed by atoms with Gasteiger partial charge in [0.1, 0.15) is 5.82 Å². The molecule has 2 rings (SSSR count). The Bertz CT molecular complexity index is 612. The molecular formula is C15H11FN2O. The van der Waals surface area contributed by atoms with Crippen LogP contribution in [0.4, 0.5) is 10.1 Å². The normalized spacial score (nSPS) is 9.68. The van der Waals surface area contributed by atoms with Crippen LogP contribution < -0.4 is 5.32 Å². The fourth-order valence-electron chi connectivity index (χ4n) is 1.60. The number of rotatable bonds is 3. The Morgan fingerprint density at radius 1 is 1.11 bits per heavy atom. The molecule has 19 heavy (non-hydrogen) atoms. The minimum Gasteiger partial charge on any atom is -0.322 e. The fraction of sp³-hybridized carbons (Fsp3) is 0.0667. The van der Waals surface area contributed by atoms with E-state index in [4.69, 9.17) is 5.26 Å². The predicted molar refractivity (Wildman–Crippen MR) is 70.1 cm³/mol. The summed E-state index contributed by atoms with van der Waals surface area (Å²) < 4.78 is 12.7. The number of hydrogen-bond donors (Lipinski definition) is 1. The molecule has 0 aliphatic heterocycles. The van der Waals surface area contributed by atoms with Crippen molar-refractivity contribution in [1.29, 1.82) is 5.26 Å². The molecule has 1 amide bonds. The van der Waals surface area contributed by atoms with E-state index in [0.29, 0.717) is 17.7 Å². The van der Waals surface area contributed by atoms with E-state index in [-0.39, 0.29) is 11.7 Å². The number of halogens is 1. The van der Waals surface area contributed by atoms with Gasteiger partial charge in [-0.2, -0.15) is 5.26 Å². The molecule has 0 bridgehead atoms. The van der Waals surface area contributed by atoms with Crippen LogP contribution in [0.25, 0.3) is 0 Å². The number of carbonyl (C=O) groups is 1. The molecule has 1 N–H and O–H groups in total. The summed E-state index contributed by atoms with van der Waals surface area (Å²) in [6, 6.07) is 14.4. The molecule has 3 nitrogen and oxygen atoms in total. The monoisotopic (exact) mass is 254 g/mol. The van der Waals surface area contributed by atoms with Gasteiger partial charge >= 0.3 is 0 Å². The van der Waals surface area contributed by atoms with Crippen LogP contribution in [-0.2, 0) is 6.42 Å². The number of anilines is 1. The molecule has 4 heteroatoms. The molecule has 2 aromatic carbocycles.